The van der Waals surface area contributed by atoms with Crippen LogP contribution < -0.4 is 5.32 Å². The zero-order valence-electron chi connectivity index (χ0n) is 14.3. The highest BCUT2D eigenvalue weighted by molar-refractivity contribution is 6.33. The van der Waals surface area contributed by atoms with Crippen LogP contribution in [0.25, 0.3) is 0 Å². The zero-order chi connectivity index (χ0) is 17.7. The van der Waals surface area contributed by atoms with Crippen molar-refractivity contribution >= 4 is 29.1 Å². The topological polar surface area (TPSA) is 29.1 Å². The smallest absolute Gasteiger partial charge is 0.227 e. The molecular weight excluding hydrogens is 341 g/mol. The van der Waals surface area contributed by atoms with E-state index in [4.69, 9.17) is 23.2 Å². The first-order valence-electron chi connectivity index (χ1n) is 8.17. The van der Waals surface area contributed by atoms with Gasteiger partial charge in [0.05, 0.1) is 5.92 Å². The minimum atomic E-state index is -0.212. The van der Waals surface area contributed by atoms with Gasteiger partial charge in [-0.15, -0.1) is 0 Å². The first-order valence-corrected chi connectivity index (χ1v) is 8.93. The molecule has 0 saturated heterocycles. The minimum absolute atomic E-state index is 0.0253. The Morgan fingerprint density at radius 3 is 2.33 bits per heavy atom. The van der Waals surface area contributed by atoms with Crippen molar-refractivity contribution < 1.29 is 4.79 Å². The van der Waals surface area contributed by atoms with Crippen molar-refractivity contribution in [1.29, 1.82) is 0 Å². The van der Waals surface area contributed by atoms with Gasteiger partial charge in [0.1, 0.15) is 0 Å². The van der Waals surface area contributed by atoms with E-state index in [1.165, 1.54) is 5.56 Å². The monoisotopic (exact) mass is 363 g/mol. The van der Waals surface area contributed by atoms with Gasteiger partial charge in [0.2, 0.25) is 5.91 Å². The Bertz CT molecular complexity index is 695. The molecule has 1 unspecified atom stereocenters. The van der Waals surface area contributed by atoms with E-state index in [0.717, 1.165) is 17.5 Å². The summed E-state index contributed by atoms with van der Waals surface area (Å²) in [5, 5.41) is 4.14. The van der Waals surface area contributed by atoms with Crippen LogP contribution in [-0.4, -0.2) is 5.91 Å². The van der Waals surface area contributed by atoms with Crippen LogP contribution in [0, 0.1) is 5.92 Å². The minimum Gasteiger partial charge on any atom is -0.351 e. The van der Waals surface area contributed by atoms with E-state index in [9.17, 15) is 4.79 Å². The third-order valence-electron chi connectivity index (χ3n) is 3.98. The molecule has 1 N–H and O–H groups in total. The van der Waals surface area contributed by atoms with Crippen LogP contribution >= 0.6 is 23.2 Å². The Labute approximate surface area is 154 Å². The van der Waals surface area contributed by atoms with Crippen LogP contribution in [0.1, 0.15) is 43.4 Å². The summed E-state index contributed by atoms with van der Waals surface area (Å²) in [6.07, 6.45) is 1.05. The molecule has 0 aliphatic carbocycles. The normalized spacial score (nSPS) is 12.2. The Morgan fingerprint density at radius 2 is 1.71 bits per heavy atom. The molecule has 2 rings (SSSR count). The summed E-state index contributed by atoms with van der Waals surface area (Å²) in [6.45, 7) is 6.68. The predicted octanol–water partition coefficient (Wildman–Crippen LogP) is 5.61. The molecule has 0 radical (unpaired) electrons. The van der Waals surface area contributed by atoms with Gasteiger partial charge >= 0.3 is 0 Å². The molecule has 2 aromatic rings. The molecule has 1 amide bonds. The molecule has 0 aliphatic heterocycles. The van der Waals surface area contributed by atoms with Gasteiger partial charge in [-0.25, -0.2) is 0 Å². The first kappa shape index (κ1) is 18.8. The SMILES string of the molecule is CC(C)Cc1ccc(C(C)C(=O)NCc2cc(Cl)ccc2Cl)cc1. The second kappa shape index (κ2) is 8.55. The fourth-order valence-corrected chi connectivity index (χ4v) is 2.96. The number of hydrogen-bond acceptors (Lipinski definition) is 1. The number of benzene rings is 2. The maximum Gasteiger partial charge on any atom is 0.227 e. The van der Waals surface area contributed by atoms with Crippen molar-refractivity contribution in [3.05, 3.63) is 69.2 Å². The molecule has 24 heavy (non-hydrogen) atoms. The number of rotatable bonds is 6. The van der Waals surface area contributed by atoms with Gasteiger partial charge in [-0.05, 0) is 54.2 Å². The molecule has 0 aromatic heterocycles. The van der Waals surface area contributed by atoms with Gasteiger partial charge in [-0.2, -0.15) is 0 Å². The van der Waals surface area contributed by atoms with Crippen LogP contribution in [0.15, 0.2) is 42.5 Å². The number of carbonyl (C=O) groups is 1. The summed E-state index contributed by atoms with van der Waals surface area (Å²) in [6, 6.07) is 13.5. The lowest BCUT2D eigenvalue weighted by Crippen LogP contribution is -2.27. The van der Waals surface area contributed by atoms with E-state index in [1.807, 2.05) is 19.1 Å². The Hall–Kier alpha value is -1.51. The van der Waals surface area contributed by atoms with Crippen LogP contribution in [0.5, 0.6) is 0 Å². The van der Waals surface area contributed by atoms with Crippen LogP contribution in [0.2, 0.25) is 10.0 Å². The molecule has 0 saturated carbocycles. The highest BCUT2D eigenvalue weighted by Crippen LogP contribution is 2.21. The summed E-state index contributed by atoms with van der Waals surface area (Å²) in [7, 11) is 0. The summed E-state index contributed by atoms with van der Waals surface area (Å²) < 4.78 is 0. The largest absolute Gasteiger partial charge is 0.351 e. The number of hydrogen-bond donors (Lipinski definition) is 1. The van der Waals surface area contributed by atoms with E-state index in [0.29, 0.717) is 22.5 Å². The average Bonchev–Trinajstić information content (AvgIpc) is 2.55. The molecule has 1 atom stereocenters. The fourth-order valence-electron chi connectivity index (χ4n) is 2.58. The van der Waals surface area contributed by atoms with Gasteiger partial charge < -0.3 is 5.32 Å². The second-order valence-corrected chi connectivity index (χ2v) is 7.36. The predicted molar refractivity (Wildman–Crippen MR) is 102 cm³/mol. The second-order valence-electron chi connectivity index (χ2n) is 6.51. The molecule has 2 nitrogen and oxygen atoms in total. The Morgan fingerprint density at radius 1 is 1.04 bits per heavy atom. The van der Waals surface area contributed by atoms with Crippen molar-refractivity contribution in [2.45, 2.75) is 39.7 Å². The third-order valence-corrected chi connectivity index (χ3v) is 4.58. The summed E-state index contributed by atoms with van der Waals surface area (Å²) in [5.41, 5.74) is 3.13. The van der Waals surface area contributed by atoms with Gasteiger partial charge in [-0.3, -0.25) is 4.79 Å². The van der Waals surface area contributed by atoms with Crippen molar-refractivity contribution in [3.8, 4) is 0 Å². The highest BCUT2D eigenvalue weighted by atomic mass is 35.5. The highest BCUT2D eigenvalue weighted by Gasteiger charge is 2.15. The maximum absolute atomic E-state index is 12.4. The Balaban J connectivity index is 1.97. The summed E-state index contributed by atoms with van der Waals surface area (Å²) in [5.74, 6) is 0.387. The lowest BCUT2D eigenvalue weighted by atomic mass is 9.96. The summed E-state index contributed by atoms with van der Waals surface area (Å²) in [4.78, 5) is 12.4. The van der Waals surface area contributed by atoms with Crippen LogP contribution in [0.4, 0.5) is 0 Å². The average molecular weight is 364 g/mol. The molecule has 0 fully saturated rings. The molecule has 0 spiro atoms. The van der Waals surface area contributed by atoms with Gasteiger partial charge in [-0.1, -0.05) is 61.3 Å². The van der Waals surface area contributed by atoms with Crippen LogP contribution in [0.3, 0.4) is 0 Å². The van der Waals surface area contributed by atoms with Gasteiger partial charge in [0.25, 0.3) is 0 Å². The molecule has 128 valence electrons. The molecule has 4 heteroatoms. The zero-order valence-corrected chi connectivity index (χ0v) is 15.8. The standard InChI is InChI=1S/C20H23Cl2NO/c1-13(2)10-15-4-6-16(7-5-15)14(3)20(24)23-12-17-11-18(21)8-9-19(17)22/h4-9,11,13-14H,10,12H2,1-3H3,(H,23,24). The summed E-state index contributed by atoms with van der Waals surface area (Å²) >= 11 is 12.1. The fraction of sp³-hybridized carbons (Fsp3) is 0.350. The molecule has 0 heterocycles. The molecule has 2 aromatic carbocycles. The van der Waals surface area contributed by atoms with Crippen molar-refractivity contribution in [3.63, 3.8) is 0 Å². The van der Waals surface area contributed by atoms with Gasteiger partial charge in [0.15, 0.2) is 0 Å². The van der Waals surface area contributed by atoms with Gasteiger partial charge in [0, 0.05) is 16.6 Å². The van der Waals surface area contributed by atoms with E-state index in [-0.39, 0.29) is 11.8 Å². The lowest BCUT2D eigenvalue weighted by Gasteiger charge is -2.14. The molecule has 0 bridgehead atoms. The van der Waals surface area contributed by atoms with Crippen LogP contribution in [-0.2, 0) is 17.8 Å². The third kappa shape index (κ3) is 5.25. The van der Waals surface area contributed by atoms with E-state index >= 15 is 0 Å². The molecule has 0 aliphatic rings. The van der Waals surface area contributed by atoms with Crippen molar-refractivity contribution in [1.82, 2.24) is 5.32 Å². The first-order chi connectivity index (χ1) is 11.4. The van der Waals surface area contributed by atoms with E-state index in [1.54, 1.807) is 18.2 Å². The van der Waals surface area contributed by atoms with E-state index in [2.05, 4.69) is 31.3 Å². The molecular formula is C20H23Cl2NO. The van der Waals surface area contributed by atoms with Crippen molar-refractivity contribution in [2.75, 3.05) is 0 Å². The Kier molecular flexibility index (Phi) is 6.70. The number of halogens is 2. The lowest BCUT2D eigenvalue weighted by molar-refractivity contribution is -0.122. The quantitative estimate of drug-likeness (QED) is 0.709. The van der Waals surface area contributed by atoms with Crippen molar-refractivity contribution in [2.24, 2.45) is 5.92 Å². The number of nitrogens with one attached hydrogen (secondary N) is 1. The maximum atomic E-state index is 12.4. The number of carbonyl (C=O) groups excluding carboxylic acids is 1. The van der Waals surface area contributed by atoms with E-state index < -0.39 is 0 Å². The number of amides is 1.